The minimum absolute atomic E-state index is 0.00198. The Morgan fingerprint density at radius 3 is 2.87 bits per heavy atom. The second-order valence-electron chi connectivity index (χ2n) is 3.64. The number of carbonyl (C=O) groups excluding carboxylic acids is 1. The van der Waals surface area contributed by atoms with Crippen molar-refractivity contribution in [3.05, 3.63) is 27.3 Å². The largest absolute Gasteiger partial charge is 0.507 e. The molecule has 4 nitrogen and oxygen atoms in total. The highest BCUT2D eigenvalue weighted by molar-refractivity contribution is 14.1. The minimum Gasteiger partial charge on any atom is -0.507 e. The van der Waals surface area contributed by atoms with Crippen LogP contribution in [-0.2, 0) is 0 Å². The quantitative estimate of drug-likeness (QED) is 0.707. The number of rotatable bonds is 2. The van der Waals surface area contributed by atoms with Crippen molar-refractivity contribution in [1.82, 2.24) is 5.32 Å². The molecule has 0 aromatic heterocycles. The summed E-state index contributed by atoms with van der Waals surface area (Å²) in [7, 11) is 0. The summed E-state index contributed by atoms with van der Waals surface area (Å²) in [6.07, 6.45) is 0.816. The molecule has 0 heterocycles. The number of aromatic hydroxyl groups is 1. The molecule has 80 valence electrons. The summed E-state index contributed by atoms with van der Waals surface area (Å²) in [4.78, 5) is 11.7. The predicted octanol–water partition coefficient (Wildman–Crippen LogP) is 0.826. The second kappa shape index (κ2) is 3.97. The number of halogens is 1. The molecule has 0 bridgehead atoms. The molecule has 1 saturated carbocycles. The summed E-state index contributed by atoms with van der Waals surface area (Å²) in [5.41, 5.74) is 5.89. The Balaban J connectivity index is 2.14. The Morgan fingerprint density at radius 2 is 2.27 bits per heavy atom. The van der Waals surface area contributed by atoms with Gasteiger partial charge in [0.25, 0.3) is 5.91 Å². The van der Waals surface area contributed by atoms with Crippen molar-refractivity contribution in [2.75, 3.05) is 0 Å². The third kappa shape index (κ3) is 2.40. The van der Waals surface area contributed by atoms with E-state index < -0.39 is 0 Å². The normalized spacial score (nSPS) is 23.6. The van der Waals surface area contributed by atoms with Gasteiger partial charge in [-0.3, -0.25) is 4.79 Å². The molecule has 0 saturated heterocycles. The van der Waals surface area contributed by atoms with Crippen LogP contribution in [0.1, 0.15) is 16.8 Å². The fourth-order valence-electron chi connectivity index (χ4n) is 1.32. The highest BCUT2D eigenvalue weighted by atomic mass is 127. The van der Waals surface area contributed by atoms with E-state index in [9.17, 15) is 9.90 Å². The molecule has 1 aromatic carbocycles. The average molecular weight is 318 g/mol. The Morgan fingerprint density at radius 1 is 1.60 bits per heavy atom. The van der Waals surface area contributed by atoms with E-state index in [1.165, 1.54) is 6.07 Å². The van der Waals surface area contributed by atoms with Gasteiger partial charge in [-0.15, -0.1) is 0 Å². The molecular formula is C10H11IN2O2. The zero-order valence-electron chi connectivity index (χ0n) is 7.90. The van der Waals surface area contributed by atoms with Crippen LogP contribution in [0.25, 0.3) is 0 Å². The first kappa shape index (κ1) is 10.7. The zero-order chi connectivity index (χ0) is 11.0. The number of nitrogens with one attached hydrogen (secondary N) is 1. The van der Waals surface area contributed by atoms with Gasteiger partial charge >= 0.3 is 0 Å². The van der Waals surface area contributed by atoms with Gasteiger partial charge in [-0.1, -0.05) is 0 Å². The first-order chi connectivity index (χ1) is 7.08. The molecule has 0 radical (unpaired) electrons. The Kier molecular flexibility index (Phi) is 2.83. The molecule has 4 N–H and O–H groups in total. The summed E-state index contributed by atoms with van der Waals surface area (Å²) in [6, 6.07) is 5.05. The number of hydrogen-bond donors (Lipinski definition) is 3. The van der Waals surface area contributed by atoms with E-state index in [0.717, 1.165) is 9.99 Å². The summed E-state index contributed by atoms with van der Waals surface area (Å²) in [5, 5.41) is 12.3. The molecule has 2 atom stereocenters. The molecule has 5 heteroatoms. The molecule has 15 heavy (non-hydrogen) atoms. The zero-order valence-corrected chi connectivity index (χ0v) is 10.1. The van der Waals surface area contributed by atoms with E-state index in [2.05, 4.69) is 27.9 Å². The number of phenols is 1. The molecule has 1 aliphatic rings. The smallest absolute Gasteiger partial charge is 0.255 e. The number of phenolic OH excluding ortho intramolecular Hbond substituents is 1. The fraction of sp³-hybridized carbons (Fsp3) is 0.300. The van der Waals surface area contributed by atoms with Crippen LogP contribution in [0.3, 0.4) is 0 Å². The lowest BCUT2D eigenvalue weighted by Gasteiger charge is -2.06. The molecule has 1 amide bonds. The number of nitrogens with two attached hydrogens (primary N) is 1. The van der Waals surface area contributed by atoms with Gasteiger partial charge in [0.1, 0.15) is 5.75 Å². The molecule has 1 fully saturated rings. The third-order valence-corrected chi connectivity index (χ3v) is 3.03. The maximum atomic E-state index is 11.7. The molecular weight excluding hydrogens is 307 g/mol. The van der Waals surface area contributed by atoms with Gasteiger partial charge in [-0.2, -0.15) is 0 Å². The van der Waals surface area contributed by atoms with E-state index in [1.807, 2.05) is 0 Å². The third-order valence-electron chi connectivity index (χ3n) is 2.36. The number of hydrogen-bond acceptors (Lipinski definition) is 3. The Hall–Kier alpha value is -0.820. The minimum atomic E-state index is -0.260. The van der Waals surface area contributed by atoms with Gasteiger partial charge in [0.15, 0.2) is 0 Å². The van der Waals surface area contributed by atoms with Crippen molar-refractivity contribution in [2.24, 2.45) is 5.73 Å². The van der Waals surface area contributed by atoms with Crippen LogP contribution in [0.4, 0.5) is 0 Å². The summed E-state index contributed by atoms with van der Waals surface area (Å²) < 4.78 is 0.913. The van der Waals surface area contributed by atoms with Crippen molar-refractivity contribution >= 4 is 28.5 Å². The summed E-state index contributed by atoms with van der Waals surface area (Å²) in [6.45, 7) is 0. The van der Waals surface area contributed by atoms with Crippen LogP contribution in [0.15, 0.2) is 18.2 Å². The van der Waals surface area contributed by atoms with E-state index in [0.29, 0.717) is 5.56 Å². The van der Waals surface area contributed by atoms with Crippen LogP contribution in [0.2, 0.25) is 0 Å². The molecule has 0 spiro atoms. The number of amides is 1. The highest BCUT2D eigenvalue weighted by Crippen LogP contribution is 2.22. The van der Waals surface area contributed by atoms with Gasteiger partial charge in [0.2, 0.25) is 0 Å². The van der Waals surface area contributed by atoms with Crippen molar-refractivity contribution < 1.29 is 9.90 Å². The number of carbonyl (C=O) groups is 1. The molecule has 1 aliphatic carbocycles. The summed E-state index contributed by atoms with van der Waals surface area (Å²) >= 11 is 2.09. The van der Waals surface area contributed by atoms with Crippen LogP contribution >= 0.6 is 22.6 Å². The maximum Gasteiger partial charge on any atom is 0.255 e. The lowest BCUT2D eigenvalue weighted by Crippen LogP contribution is -2.29. The standard InChI is InChI=1S/C10H11IN2O2/c11-5-1-2-9(14)6(3-5)10(15)13-8-4-7(8)12/h1-3,7-8,14H,4,12H2,(H,13,15). The monoisotopic (exact) mass is 318 g/mol. The van der Waals surface area contributed by atoms with Crippen molar-refractivity contribution in [2.45, 2.75) is 18.5 Å². The lowest BCUT2D eigenvalue weighted by atomic mass is 10.2. The topological polar surface area (TPSA) is 75.3 Å². The van der Waals surface area contributed by atoms with Crippen molar-refractivity contribution in [3.8, 4) is 5.75 Å². The van der Waals surface area contributed by atoms with E-state index in [4.69, 9.17) is 5.73 Å². The molecule has 1 aromatic rings. The highest BCUT2D eigenvalue weighted by Gasteiger charge is 2.35. The van der Waals surface area contributed by atoms with Gasteiger partial charge < -0.3 is 16.2 Å². The second-order valence-corrected chi connectivity index (χ2v) is 4.89. The SMILES string of the molecule is NC1CC1NC(=O)c1cc(I)ccc1O. The van der Waals surface area contributed by atoms with Crippen LogP contribution < -0.4 is 11.1 Å². The Labute approximate surface area is 101 Å². The Bertz CT molecular complexity index is 408. The summed E-state index contributed by atoms with van der Waals surface area (Å²) in [5.74, 6) is -0.258. The van der Waals surface area contributed by atoms with Gasteiger partial charge in [0, 0.05) is 15.7 Å². The average Bonchev–Trinajstić information content (AvgIpc) is 2.86. The van der Waals surface area contributed by atoms with Gasteiger partial charge in [0.05, 0.1) is 5.56 Å². The first-order valence-corrected chi connectivity index (χ1v) is 5.71. The van der Waals surface area contributed by atoms with Gasteiger partial charge in [-0.25, -0.2) is 0 Å². The van der Waals surface area contributed by atoms with Crippen LogP contribution in [0, 0.1) is 3.57 Å². The molecule has 0 aliphatic heterocycles. The van der Waals surface area contributed by atoms with Crippen LogP contribution in [0.5, 0.6) is 5.75 Å². The predicted molar refractivity (Wildman–Crippen MR) is 64.7 cm³/mol. The molecule has 2 rings (SSSR count). The first-order valence-electron chi connectivity index (χ1n) is 4.63. The van der Waals surface area contributed by atoms with Gasteiger partial charge in [-0.05, 0) is 47.2 Å². The lowest BCUT2D eigenvalue weighted by molar-refractivity contribution is 0.0947. The number of benzene rings is 1. The maximum absolute atomic E-state index is 11.7. The molecule has 2 unspecified atom stereocenters. The van der Waals surface area contributed by atoms with E-state index in [-0.39, 0.29) is 23.7 Å². The van der Waals surface area contributed by atoms with Crippen molar-refractivity contribution in [3.63, 3.8) is 0 Å². The van der Waals surface area contributed by atoms with Crippen molar-refractivity contribution in [1.29, 1.82) is 0 Å². The van der Waals surface area contributed by atoms with E-state index in [1.54, 1.807) is 12.1 Å². The van der Waals surface area contributed by atoms with Crippen LogP contribution in [-0.4, -0.2) is 23.1 Å². The fourth-order valence-corrected chi connectivity index (χ4v) is 1.81. The van der Waals surface area contributed by atoms with E-state index >= 15 is 0 Å².